The number of carbonyl (C=O) groups is 4. The summed E-state index contributed by atoms with van der Waals surface area (Å²) in [6.45, 7) is 7.54. The van der Waals surface area contributed by atoms with E-state index in [1.165, 1.54) is 13.0 Å². The number of aryl methyl sites for hydroxylation is 1. The number of esters is 2. The molecule has 10 nitrogen and oxygen atoms in total. The third-order valence-electron chi connectivity index (χ3n) is 7.74. The van der Waals surface area contributed by atoms with Gasteiger partial charge in [0.1, 0.15) is 18.5 Å². The minimum absolute atomic E-state index is 0.0118. The van der Waals surface area contributed by atoms with E-state index in [4.69, 9.17) is 15.2 Å². The van der Waals surface area contributed by atoms with E-state index in [-0.39, 0.29) is 35.5 Å². The summed E-state index contributed by atoms with van der Waals surface area (Å²) in [6, 6.07) is 2.93. The van der Waals surface area contributed by atoms with E-state index in [1.54, 1.807) is 23.7 Å². The lowest BCUT2D eigenvalue weighted by Crippen LogP contribution is -2.43. The van der Waals surface area contributed by atoms with Crippen LogP contribution in [-0.4, -0.2) is 77.8 Å². The number of ketones is 1. The van der Waals surface area contributed by atoms with Gasteiger partial charge in [-0.15, -0.1) is 0 Å². The van der Waals surface area contributed by atoms with Crippen molar-refractivity contribution in [2.45, 2.75) is 72.0 Å². The fraction of sp³-hybridized carbons (Fsp3) is 0.531. The number of primary amides is 1. The highest BCUT2D eigenvalue weighted by Gasteiger charge is 2.36. The van der Waals surface area contributed by atoms with Crippen LogP contribution in [0.1, 0.15) is 77.7 Å². The molecule has 1 heterocycles. The number of allylic oxidation sites excluding steroid dienone is 1. The molecule has 2 aromatic rings. The van der Waals surface area contributed by atoms with Crippen LogP contribution in [0.3, 0.4) is 0 Å². The molecule has 2 aliphatic rings. The van der Waals surface area contributed by atoms with Gasteiger partial charge in [0.05, 0.1) is 55.8 Å². The molecule has 3 unspecified atom stereocenters. The highest BCUT2D eigenvalue weighted by molar-refractivity contribution is 6.00. The van der Waals surface area contributed by atoms with Gasteiger partial charge in [-0.3, -0.25) is 19.2 Å². The number of Topliss-reactive ketones (excluding diaryl/α,β-unsaturated/α-hetero) is 1. The van der Waals surface area contributed by atoms with Crippen molar-refractivity contribution in [3.05, 3.63) is 58.2 Å². The average molecular weight is 598 g/mol. The maximum atomic E-state index is 15.4. The van der Waals surface area contributed by atoms with Crippen molar-refractivity contribution >= 4 is 23.6 Å². The number of fused-ring (bicyclic) bond motifs is 1. The van der Waals surface area contributed by atoms with Gasteiger partial charge in [0.2, 0.25) is 0 Å². The molecule has 2 aliphatic carbocycles. The fourth-order valence-corrected chi connectivity index (χ4v) is 6.21. The van der Waals surface area contributed by atoms with Crippen molar-refractivity contribution in [2.24, 2.45) is 17.1 Å². The Morgan fingerprint density at radius 3 is 2.51 bits per heavy atom. The molecule has 43 heavy (non-hydrogen) atoms. The molecule has 3 atom stereocenters. The first kappa shape index (κ1) is 32.1. The Bertz CT molecular complexity index is 1490. The summed E-state index contributed by atoms with van der Waals surface area (Å²) < 4.78 is 28.5. The number of rotatable bonds is 10. The predicted molar refractivity (Wildman–Crippen MR) is 157 cm³/mol. The van der Waals surface area contributed by atoms with Crippen LogP contribution in [0.5, 0.6) is 0 Å². The number of nitrogens with two attached hydrogens (primary N) is 1. The number of benzene rings is 1. The Hall–Kier alpha value is -3.86. The van der Waals surface area contributed by atoms with E-state index >= 15 is 4.39 Å². The predicted octanol–water partition coefficient (Wildman–Crippen LogP) is 3.63. The molecule has 0 aliphatic heterocycles. The van der Waals surface area contributed by atoms with E-state index in [2.05, 4.69) is 5.10 Å². The molecule has 1 aromatic carbocycles. The van der Waals surface area contributed by atoms with Gasteiger partial charge in [0.25, 0.3) is 5.91 Å². The maximum absolute atomic E-state index is 15.4. The lowest BCUT2D eigenvalue weighted by atomic mass is 9.75. The topological polar surface area (TPSA) is 131 Å². The van der Waals surface area contributed by atoms with Gasteiger partial charge in [-0.2, -0.15) is 5.10 Å². The summed E-state index contributed by atoms with van der Waals surface area (Å²) in [5, 5.41) is 4.58. The molecule has 2 N–H and O–H groups in total. The number of ether oxygens (including phenoxy) is 2. The second kappa shape index (κ2) is 12.0. The first-order valence-electron chi connectivity index (χ1n) is 14.5. The number of amides is 1. The van der Waals surface area contributed by atoms with Crippen molar-refractivity contribution in [1.82, 2.24) is 9.78 Å². The number of hydrogen-bond donors (Lipinski definition) is 1. The maximum Gasteiger partial charge on any atom is 0.310 e. The van der Waals surface area contributed by atoms with E-state index in [0.29, 0.717) is 52.8 Å². The van der Waals surface area contributed by atoms with E-state index in [0.717, 1.165) is 5.69 Å². The van der Waals surface area contributed by atoms with Crippen LogP contribution < -0.4 is 5.73 Å². The van der Waals surface area contributed by atoms with Crippen molar-refractivity contribution in [1.29, 1.82) is 0 Å². The number of halogens is 1. The second-order valence-electron chi connectivity index (χ2n) is 13.6. The summed E-state index contributed by atoms with van der Waals surface area (Å²) in [4.78, 5) is 49.5. The van der Waals surface area contributed by atoms with Gasteiger partial charge in [-0.05, 0) is 55.2 Å². The molecule has 0 radical (unpaired) electrons. The van der Waals surface area contributed by atoms with Gasteiger partial charge in [-0.25, -0.2) is 9.07 Å². The molecule has 0 saturated heterocycles. The van der Waals surface area contributed by atoms with Crippen molar-refractivity contribution in [2.75, 3.05) is 27.7 Å². The largest absolute Gasteiger partial charge is 0.458 e. The van der Waals surface area contributed by atoms with E-state index in [1.807, 2.05) is 41.1 Å². The van der Waals surface area contributed by atoms with Crippen LogP contribution in [0, 0.1) is 24.1 Å². The summed E-state index contributed by atoms with van der Waals surface area (Å²) in [7, 11) is 5.81. The first-order chi connectivity index (χ1) is 19.9. The molecule has 4 rings (SSSR count). The highest BCUT2D eigenvalue weighted by Crippen LogP contribution is 2.37. The molecule has 232 valence electrons. The minimum Gasteiger partial charge on any atom is -0.458 e. The van der Waals surface area contributed by atoms with Crippen LogP contribution in [0.2, 0.25) is 0 Å². The summed E-state index contributed by atoms with van der Waals surface area (Å²) in [6.07, 6.45) is 4.16. The monoisotopic (exact) mass is 597 g/mol. The lowest BCUT2D eigenvalue weighted by Gasteiger charge is -2.29. The van der Waals surface area contributed by atoms with Crippen LogP contribution in [0.15, 0.2) is 24.3 Å². The van der Waals surface area contributed by atoms with Crippen molar-refractivity contribution < 1.29 is 37.5 Å². The first-order valence-corrected chi connectivity index (χ1v) is 14.5. The normalized spacial score (nSPS) is 20.0. The molecular weight excluding hydrogens is 555 g/mol. The third kappa shape index (κ3) is 7.76. The summed E-state index contributed by atoms with van der Waals surface area (Å²) >= 11 is 0. The SMILES string of the molecule is CC(=O)OC(CC(=O)OC1C=CC(Cc2cc(-n3nc(C)c4c3CC(C)(C)CC4=O)cc(F)c2C(N)=O)C1)C[N+](C)(C)C. The van der Waals surface area contributed by atoms with Gasteiger partial charge in [0.15, 0.2) is 11.9 Å². The van der Waals surface area contributed by atoms with Crippen LogP contribution in [0.4, 0.5) is 4.39 Å². The average Bonchev–Trinajstić information content (AvgIpc) is 3.39. The fourth-order valence-electron chi connectivity index (χ4n) is 6.21. The molecule has 0 saturated carbocycles. The Kier molecular flexibility index (Phi) is 8.97. The number of nitrogens with zero attached hydrogens (tertiary/aromatic N) is 3. The third-order valence-corrected chi connectivity index (χ3v) is 7.74. The van der Waals surface area contributed by atoms with Crippen LogP contribution in [-0.2, 0) is 31.9 Å². The van der Waals surface area contributed by atoms with Gasteiger partial charge in [-0.1, -0.05) is 19.9 Å². The number of carbonyl (C=O) groups excluding carboxylic acids is 4. The van der Waals surface area contributed by atoms with E-state index in [9.17, 15) is 19.2 Å². The highest BCUT2D eigenvalue weighted by atomic mass is 19.1. The Morgan fingerprint density at radius 1 is 1.19 bits per heavy atom. The van der Waals surface area contributed by atoms with Crippen LogP contribution >= 0.6 is 0 Å². The molecule has 0 spiro atoms. The molecule has 0 fully saturated rings. The lowest BCUT2D eigenvalue weighted by molar-refractivity contribution is -0.873. The molecule has 1 amide bonds. The van der Waals surface area contributed by atoms with Crippen molar-refractivity contribution in [3.63, 3.8) is 0 Å². The Balaban J connectivity index is 1.52. The Labute approximate surface area is 251 Å². The number of likely N-dealkylation sites (N-methyl/N-ethyl adjacent to an activating group) is 1. The molecule has 0 bridgehead atoms. The zero-order chi connectivity index (χ0) is 31.9. The summed E-state index contributed by atoms with van der Waals surface area (Å²) in [5.41, 5.74) is 7.82. The minimum atomic E-state index is -0.882. The quantitative estimate of drug-likeness (QED) is 0.251. The van der Waals surface area contributed by atoms with E-state index < -0.39 is 35.9 Å². The number of quaternary nitrogens is 1. The summed E-state index contributed by atoms with van der Waals surface area (Å²) in [5.74, 6) is -2.74. The standard InChI is InChI=1S/C32H41FN4O6/c1-18-29-26(15-32(3,4)16-27(29)39)36(35-18)22-12-21(30(31(34)41)25(33)13-22)10-20-8-9-23(11-20)43-28(40)14-24(42-19(2)38)17-37(5,6)7/h8-9,12-13,20,23-24H,10-11,14-17H2,1-7H3,(H-,34,41)/p+1. The van der Waals surface area contributed by atoms with Gasteiger partial charge in [0, 0.05) is 19.4 Å². The zero-order valence-corrected chi connectivity index (χ0v) is 26.0. The Morgan fingerprint density at radius 2 is 1.88 bits per heavy atom. The second-order valence-corrected chi connectivity index (χ2v) is 13.6. The molecule has 1 aromatic heterocycles. The molecule has 11 heteroatoms. The van der Waals surface area contributed by atoms with Gasteiger partial charge >= 0.3 is 11.9 Å². The smallest absolute Gasteiger partial charge is 0.310 e. The number of aromatic nitrogens is 2. The van der Waals surface area contributed by atoms with Gasteiger partial charge < -0.3 is 19.7 Å². The van der Waals surface area contributed by atoms with Crippen LogP contribution in [0.25, 0.3) is 5.69 Å². The number of hydrogen-bond acceptors (Lipinski definition) is 7. The van der Waals surface area contributed by atoms with Crippen molar-refractivity contribution in [3.8, 4) is 5.69 Å². The molecular formula is C32H42FN4O6+. The zero-order valence-electron chi connectivity index (χ0n) is 26.0.